The Kier molecular flexibility index (Phi) is 2.48. The molecule has 1 aromatic carbocycles. The van der Waals surface area contributed by atoms with Crippen LogP contribution in [0.5, 0.6) is 5.75 Å². The second-order valence-corrected chi connectivity index (χ2v) is 2.63. The van der Waals surface area contributed by atoms with Gasteiger partial charge in [0.1, 0.15) is 5.75 Å². The van der Waals surface area contributed by atoms with Crippen LogP contribution in [0.15, 0.2) is 12.1 Å². The van der Waals surface area contributed by atoms with Crippen molar-refractivity contribution in [2.75, 3.05) is 0 Å². The molecule has 0 atom stereocenters. The maximum atomic E-state index is 10.5. The Hall–Kier alpha value is -1.62. The van der Waals surface area contributed by atoms with E-state index in [9.17, 15) is 15.2 Å². The van der Waals surface area contributed by atoms with Gasteiger partial charge in [-0.25, -0.2) is 0 Å². The van der Waals surface area contributed by atoms with E-state index in [1.54, 1.807) is 0 Å². The van der Waals surface area contributed by atoms with Gasteiger partial charge in [0.05, 0.1) is 22.7 Å². The molecule has 0 radical (unpaired) electrons. The van der Waals surface area contributed by atoms with Crippen molar-refractivity contribution in [3.8, 4) is 5.75 Å². The van der Waals surface area contributed by atoms with Crippen molar-refractivity contribution in [3.63, 3.8) is 0 Å². The fourth-order valence-corrected chi connectivity index (χ4v) is 1.13. The van der Waals surface area contributed by atoms with Gasteiger partial charge in [0.2, 0.25) is 0 Å². The Morgan fingerprint density at radius 2 is 2.15 bits per heavy atom. The molecule has 0 aliphatic rings. The molecule has 70 valence electrons. The molecule has 0 spiro atoms. The molecule has 0 aliphatic carbocycles. The smallest absolute Gasteiger partial charge is 0.281 e. The van der Waals surface area contributed by atoms with Gasteiger partial charge in [0, 0.05) is 0 Å². The number of benzene rings is 1. The number of hydrogen-bond acceptors (Lipinski definition) is 4. The van der Waals surface area contributed by atoms with Gasteiger partial charge < -0.3 is 10.2 Å². The average Bonchev–Trinajstić information content (AvgIpc) is 2.08. The van der Waals surface area contributed by atoms with Gasteiger partial charge >= 0.3 is 0 Å². The third-order valence-electron chi connectivity index (χ3n) is 1.84. The van der Waals surface area contributed by atoms with E-state index >= 15 is 0 Å². The Labute approximate surface area is 74.4 Å². The summed E-state index contributed by atoms with van der Waals surface area (Å²) in [6.45, 7) is 1.03. The largest absolute Gasteiger partial charge is 0.507 e. The number of aliphatic hydroxyl groups excluding tert-OH is 1. The van der Waals surface area contributed by atoms with Crippen LogP contribution < -0.4 is 0 Å². The van der Waals surface area contributed by atoms with Crippen LogP contribution >= 0.6 is 0 Å². The maximum absolute atomic E-state index is 10.5. The van der Waals surface area contributed by atoms with Gasteiger partial charge in [0.25, 0.3) is 5.69 Å². The lowest BCUT2D eigenvalue weighted by Crippen LogP contribution is -1.98. The summed E-state index contributed by atoms with van der Waals surface area (Å²) in [5.74, 6) is -0.135. The summed E-state index contributed by atoms with van der Waals surface area (Å²) in [4.78, 5) is 9.93. The zero-order chi connectivity index (χ0) is 10.0. The normalized spacial score (nSPS) is 10.0. The highest BCUT2D eigenvalue weighted by molar-refractivity contribution is 5.53. The van der Waals surface area contributed by atoms with Crippen LogP contribution in [0, 0.1) is 17.0 Å². The summed E-state index contributed by atoms with van der Waals surface area (Å²) in [6, 6.07) is 2.66. The van der Waals surface area contributed by atoms with Crippen LogP contribution in [0.25, 0.3) is 0 Å². The average molecular weight is 183 g/mol. The van der Waals surface area contributed by atoms with Crippen LogP contribution in [-0.2, 0) is 6.61 Å². The molecule has 2 N–H and O–H groups in total. The lowest BCUT2D eigenvalue weighted by Gasteiger charge is -2.03. The van der Waals surface area contributed by atoms with Gasteiger partial charge in [0.15, 0.2) is 0 Å². The van der Waals surface area contributed by atoms with Crippen LogP contribution in [0.4, 0.5) is 5.69 Å². The molecule has 0 saturated heterocycles. The van der Waals surface area contributed by atoms with E-state index in [0.29, 0.717) is 0 Å². The monoisotopic (exact) mass is 183 g/mol. The van der Waals surface area contributed by atoms with Crippen molar-refractivity contribution in [1.82, 2.24) is 0 Å². The predicted molar refractivity (Wildman–Crippen MR) is 45.4 cm³/mol. The Morgan fingerprint density at radius 3 is 2.62 bits per heavy atom. The SMILES string of the molecule is Cc1c(O)ccc(CO)c1[N+](=O)[O-]. The molecule has 5 heteroatoms. The number of hydrogen-bond donors (Lipinski definition) is 2. The Balaban J connectivity index is 3.41. The van der Waals surface area contributed by atoms with Crippen molar-refractivity contribution >= 4 is 5.69 Å². The molecule has 5 nitrogen and oxygen atoms in total. The highest BCUT2D eigenvalue weighted by Gasteiger charge is 2.18. The van der Waals surface area contributed by atoms with E-state index in [1.807, 2.05) is 0 Å². The van der Waals surface area contributed by atoms with Crippen LogP contribution in [0.2, 0.25) is 0 Å². The first-order chi connectivity index (χ1) is 6.07. The molecule has 0 saturated carbocycles. The highest BCUT2D eigenvalue weighted by atomic mass is 16.6. The van der Waals surface area contributed by atoms with E-state index in [1.165, 1.54) is 19.1 Å². The zero-order valence-corrected chi connectivity index (χ0v) is 7.02. The summed E-state index contributed by atoms with van der Waals surface area (Å²) < 4.78 is 0. The predicted octanol–water partition coefficient (Wildman–Crippen LogP) is 1.10. The molecule has 0 aliphatic heterocycles. The van der Waals surface area contributed by atoms with Crippen LogP contribution in [-0.4, -0.2) is 15.1 Å². The first-order valence-corrected chi connectivity index (χ1v) is 3.64. The Bertz CT molecular complexity index is 348. The summed E-state index contributed by atoms with van der Waals surface area (Å²) in [7, 11) is 0. The van der Waals surface area contributed by atoms with Crippen LogP contribution in [0.1, 0.15) is 11.1 Å². The van der Waals surface area contributed by atoms with E-state index in [2.05, 4.69) is 0 Å². The van der Waals surface area contributed by atoms with Crippen molar-refractivity contribution in [2.24, 2.45) is 0 Å². The highest BCUT2D eigenvalue weighted by Crippen LogP contribution is 2.30. The molecular weight excluding hydrogens is 174 g/mol. The number of phenolic OH excluding ortho intramolecular Hbond substituents is 1. The minimum atomic E-state index is -0.611. The Morgan fingerprint density at radius 1 is 1.54 bits per heavy atom. The topological polar surface area (TPSA) is 83.6 Å². The first-order valence-electron chi connectivity index (χ1n) is 3.64. The number of nitro benzene ring substituents is 1. The van der Waals surface area contributed by atoms with E-state index in [-0.39, 0.29) is 22.6 Å². The molecule has 0 fully saturated rings. The van der Waals surface area contributed by atoms with E-state index < -0.39 is 11.5 Å². The molecule has 0 unspecified atom stereocenters. The number of phenols is 1. The molecule has 0 aromatic heterocycles. The minimum Gasteiger partial charge on any atom is -0.507 e. The summed E-state index contributed by atoms with van der Waals surface area (Å²) >= 11 is 0. The van der Waals surface area contributed by atoms with Gasteiger partial charge in [-0.3, -0.25) is 10.1 Å². The zero-order valence-electron chi connectivity index (χ0n) is 7.02. The minimum absolute atomic E-state index is 0.135. The number of aromatic hydroxyl groups is 1. The fraction of sp³-hybridized carbons (Fsp3) is 0.250. The number of nitro groups is 1. The molecule has 1 aromatic rings. The molecule has 0 amide bonds. The van der Waals surface area contributed by atoms with E-state index in [0.717, 1.165) is 0 Å². The third-order valence-corrected chi connectivity index (χ3v) is 1.84. The number of rotatable bonds is 2. The third kappa shape index (κ3) is 1.59. The maximum Gasteiger partial charge on any atom is 0.281 e. The molecule has 0 bridgehead atoms. The van der Waals surface area contributed by atoms with Crippen molar-refractivity contribution < 1.29 is 15.1 Å². The summed E-state index contributed by atoms with van der Waals surface area (Å²) in [5.41, 5.74) is 0.166. The summed E-state index contributed by atoms with van der Waals surface area (Å²) in [6.07, 6.45) is 0. The van der Waals surface area contributed by atoms with Gasteiger partial charge in [-0.05, 0) is 19.1 Å². The molecular formula is C8H9NO4. The first kappa shape index (κ1) is 9.47. The van der Waals surface area contributed by atoms with Gasteiger partial charge in [-0.15, -0.1) is 0 Å². The quantitative estimate of drug-likeness (QED) is 0.531. The van der Waals surface area contributed by atoms with Crippen LogP contribution in [0.3, 0.4) is 0 Å². The number of aliphatic hydroxyl groups is 1. The van der Waals surface area contributed by atoms with Crippen molar-refractivity contribution in [3.05, 3.63) is 33.4 Å². The fourth-order valence-electron chi connectivity index (χ4n) is 1.13. The lowest BCUT2D eigenvalue weighted by atomic mass is 10.1. The van der Waals surface area contributed by atoms with Gasteiger partial charge in [-0.1, -0.05) is 0 Å². The number of nitrogens with zero attached hydrogens (tertiary/aromatic N) is 1. The van der Waals surface area contributed by atoms with E-state index in [4.69, 9.17) is 5.11 Å². The molecule has 1 rings (SSSR count). The van der Waals surface area contributed by atoms with Gasteiger partial charge in [-0.2, -0.15) is 0 Å². The summed E-state index contributed by atoms with van der Waals surface area (Å²) in [5, 5.41) is 28.5. The standard InChI is InChI=1S/C8H9NO4/c1-5-7(11)3-2-6(4-10)8(5)9(12)13/h2-3,10-11H,4H2,1H3. The lowest BCUT2D eigenvalue weighted by molar-refractivity contribution is -0.386. The van der Waals surface area contributed by atoms with Crippen molar-refractivity contribution in [2.45, 2.75) is 13.5 Å². The molecule has 13 heavy (non-hydrogen) atoms. The molecule has 0 heterocycles. The second-order valence-electron chi connectivity index (χ2n) is 2.63. The second kappa shape index (κ2) is 3.40. The van der Waals surface area contributed by atoms with Crippen molar-refractivity contribution in [1.29, 1.82) is 0 Å².